The Balaban J connectivity index is 1.44. The van der Waals surface area contributed by atoms with E-state index >= 15 is 0 Å². The summed E-state index contributed by atoms with van der Waals surface area (Å²) in [5, 5.41) is 7.70. The zero-order valence-corrected chi connectivity index (χ0v) is 20.6. The van der Waals surface area contributed by atoms with E-state index in [1.54, 1.807) is 14.0 Å². The van der Waals surface area contributed by atoms with Gasteiger partial charge in [-0.2, -0.15) is 10.1 Å². The highest BCUT2D eigenvalue weighted by Crippen LogP contribution is 2.32. The van der Waals surface area contributed by atoms with Gasteiger partial charge in [0.25, 0.3) is 5.56 Å². The third kappa shape index (κ3) is 4.61. The molecule has 2 fully saturated rings. The number of H-pyrrole nitrogens is 1. The van der Waals surface area contributed by atoms with Crippen molar-refractivity contribution < 1.29 is 9.53 Å². The second-order valence-electron chi connectivity index (χ2n) is 9.62. The molecule has 0 bridgehead atoms. The van der Waals surface area contributed by atoms with Gasteiger partial charge in [0.05, 0.1) is 24.4 Å². The molecule has 2 N–H and O–H groups in total. The summed E-state index contributed by atoms with van der Waals surface area (Å²) in [5.41, 5.74) is 2.36. The predicted molar refractivity (Wildman–Crippen MR) is 134 cm³/mol. The van der Waals surface area contributed by atoms with Crippen molar-refractivity contribution in [3.8, 4) is 17.3 Å². The van der Waals surface area contributed by atoms with Gasteiger partial charge >= 0.3 is 0 Å². The smallest absolute Gasteiger partial charge is 0.277 e. The maximum Gasteiger partial charge on any atom is 0.277 e. The molecule has 0 unspecified atom stereocenters. The van der Waals surface area contributed by atoms with Gasteiger partial charge in [-0.15, -0.1) is 0 Å². The monoisotopic (exact) mass is 479 g/mol. The molecule has 10 nitrogen and oxygen atoms in total. The highest BCUT2D eigenvalue weighted by molar-refractivity contribution is 5.79. The molecule has 0 spiro atoms. The van der Waals surface area contributed by atoms with Crippen LogP contribution in [0.5, 0.6) is 5.88 Å². The van der Waals surface area contributed by atoms with E-state index in [0.29, 0.717) is 28.3 Å². The molecule has 3 aromatic rings. The Labute approximate surface area is 204 Å². The highest BCUT2D eigenvalue weighted by Gasteiger charge is 2.25. The molecule has 5 rings (SSSR count). The number of fused-ring (bicyclic) bond motifs is 1. The van der Waals surface area contributed by atoms with Gasteiger partial charge in [-0.05, 0) is 44.7 Å². The van der Waals surface area contributed by atoms with Crippen LogP contribution in [0.15, 0.2) is 16.9 Å². The van der Waals surface area contributed by atoms with Crippen molar-refractivity contribution in [3.05, 3.63) is 28.2 Å². The van der Waals surface area contributed by atoms with Crippen molar-refractivity contribution in [1.29, 1.82) is 0 Å². The first kappa shape index (κ1) is 23.3. The van der Waals surface area contributed by atoms with Crippen LogP contribution in [0, 0.1) is 6.92 Å². The first-order valence-electron chi connectivity index (χ1n) is 12.5. The van der Waals surface area contributed by atoms with Gasteiger partial charge in [0.2, 0.25) is 11.8 Å². The fourth-order valence-corrected chi connectivity index (χ4v) is 5.39. The average Bonchev–Trinajstić information content (AvgIpc) is 3.21. The number of pyridine rings is 1. The van der Waals surface area contributed by atoms with E-state index in [9.17, 15) is 9.59 Å². The zero-order valence-electron chi connectivity index (χ0n) is 20.6. The summed E-state index contributed by atoms with van der Waals surface area (Å²) in [7, 11) is 1.57. The van der Waals surface area contributed by atoms with Crippen LogP contribution in [0.3, 0.4) is 0 Å². The van der Waals surface area contributed by atoms with Crippen LogP contribution < -0.4 is 20.5 Å². The molecular formula is C25H33N7O3. The van der Waals surface area contributed by atoms with E-state index in [-0.39, 0.29) is 23.6 Å². The predicted octanol–water partition coefficient (Wildman–Crippen LogP) is 3.11. The summed E-state index contributed by atoms with van der Waals surface area (Å²) in [4.78, 5) is 39.2. The lowest BCUT2D eigenvalue weighted by molar-refractivity contribution is -0.119. The van der Waals surface area contributed by atoms with E-state index in [0.717, 1.165) is 63.1 Å². The Kier molecular flexibility index (Phi) is 6.44. The Bertz CT molecular complexity index is 1280. The van der Waals surface area contributed by atoms with E-state index < -0.39 is 0 Å². The van der Waals surface area contributed by atoms with Crippen molar-refractivity contribution >= 4 is 22.8 Å². The number of methoxy groups -OCH3 is 1. The lowest BCUT2D eigenvalue weighted by atomic mass is 9.95. The molecule has 35 heavy (non-hydrogen) atoms. The molecule has 1 saturated heterocycles. The lowest BCUT2D eigenvalue weighted by Gasteiger charge is -2.33. The number of aromatic amines is 1. The normalized spacial score (nSPS) is 17.6. The van der Waals surface area contributed by atoms with E-state index in [4.69, 9.17) is 19.8 Å². The molecule has 10 heteroatoms. The minimum Gasteiger partial charge on any atom is -0.480 e. The van der Waals surface area contributed by atoms with E-state index in [1.807, 2.05) is 23.7 Å². The van der Waals surface area contributed by atoms with Crippen molar-refractivity contribution in [3.63, 3.8) is 0 Å². The molecule has 0 aromatic carbocycles. The number of hydrogen-bond acceptors (Lipinski definition) is 7. The van der Waals surface area contributed by atoms with Crippen LogP contribution in [0.4, 0.5) is 5.82 Å². The van der Waals surface area contributed by atoms with Gasteiger partial charge in [-0.1, -0.05) is 19.3 Å². The maximum atomic E-state index is 13.2. The summed E-state index contributed by atoms with van der Waals surface area (Å²) < 4.78 is 7.50. The average molecular weight is 480 g/mol. The number of piperidine rings is 1. The molecule has 0 radical (unpaired) electrons. The van der Waals surface area contributed by atoms with E-state index in [2.05, 4.69) is 15.2 Å². The number of nitrogens with zero attached hydrogens (tertiary/aromatic N) is 5. The van der Waals surface area contributed by atoms with Crippen molar-refractivity contribution in [2.24, 2.45) is 0 Å². The van der Waals surface area contributed by atoms with Crippen LogP contribution in [-0.4, -0.2) is 56.9 Å². The Hall–Kier alpha value is -3.43. The third-order valence-corrected chi connectivity index (χ3v) is 7.17. The minimum absolute atomic E-state index is 0.00517. The summed E-state index contributed by atoms with van der Waals surface area (Å²) in [5.74, 6) is 1.64. The molecule has 186 valence electrons. The fraction of sp³-hybridized carbons (Fsp3) is 0.560. The van der Waals surface area contributed by atoms with E-state index in [1.165, 1.54) is 6.42 Å². The van der Waals surface area contributed by atoms with Gasteiger partial charge in [0.1, 0.15) is 17.2 Å². The largest absolute Gasteiger partial charge is 0.480 e. The van der Waals surface area contributed by atoms with Gasteiger partial charge in [-0.25, -0.2) is 4.98 Å². The van der Waals surface area contributed by atoms with Crippen molar-refractivity contribution in [2.45, 2.75) is 70.9 Å². The summed E-state index contributed by atoms with van der Waals surface area (Å²) in [6.45, 7) is 5.04. The second-order valence-corrected chi connectivity index (χ2v) is 9.62. The first-order valence-corrected chi connectivity index (χ1v) is 12.5. The topological polar surface area (TPSA) is 118 Å². The second kappa shape index (κ2) is 9.67. The molecule has 4 heterocycles. The number of hydrogen-bond donors (Lipinski definition) is 2. The number of nitrogens with one attached hydrogen (secondary N) is 2. The van der Waals surface area contributed by atoms with Crippen molar-refractivity contribution in [1.82, 2.24) is 30.0 Å². The molecule has 0 atom stereocenters. The van der Waals surface area contributed by atoms with Crippen LogP contribution in [0.25, 0.3) is 22.4 Å². The van der Waals surface area contributed by atoms with Crippen LogP contribution in [-0.2, 0) is 4.79 Å². The molecule has 3 aromatic heterocycles. The van der Waals surface area contributed by atoms with Gasteiger partial charge in [0, 0.05) is 26.1 Å². The van der Waals surface area contributed by atoms with Gasteiger partial charge < -0.3 is 19.9 Å². The Morgan fingerprint density at radius 2 is 1.86 bits per heavy atom. The number of ether oxygens (including phenoxy) is 1. The Morgan fingerprint density at radius 1 is 1.11 bits per heavy atom. The molecule has 1 aliphatic heterocycles. The fourth-order valence-electron chi connectivity index (χ4n) is 5.39. The quantitative estimate of drug-likeness (QED) is 0.577. The molecule has 2 aliphatic rings. The molecule has 1 amide bonds. The number of aromatic nitrogens is 5. The van der Waals surface area contributed by atoms with Gasteiger partial charge in [-0.3, -0.25) is 14.3 Å². The SMILES string of the molecule is COc1nc(N2CCC(NC(C)=O)CC2)ccc1-c1nc2c(C)nn(C3CCCCC3)c2c(=O)[nH]1. The summed E-state index contributed by atoms with van der Waals surface area (Å²) in [6, 6.07) is 4.27. The number of carbonyl (C=O) groups excluding carboxylic acids is 1. The molecule has 1 saturated carbocycles. The number of carbonyl (C=O) groups is 1. The molecular weight excluding hydrogens is 446 g/mol. The zero-order chi connectivity index (χ0) is 24.5. The Morgan fingerprint density at radius 3 is 2.54 bits per heavy atom. The maximum absolute atomic E-state index is 13.2. The standard InChI is InChI=1S/C25H33N7O3/c1-15-21-22(32(30-15)18-7-5-4-6-8-18)24(34)29-23(28-21)19-9-10-20(27-25(19)35-3)31-13-11-17(12-14-31)26-16(2)33/h9-10,17-18H,4-8,11-14H2,1-3H3,(H,26,33)(H,28,29,34). The third-order valence-electron chi connectivity index (χ3n) is 7.17. The number of aryl methyl sites for hydroxylation is 1. The highest BCUT2D eigenvalue weighted by atomic mass is 16.5. The van der Waals surface area contributed by atoms with Gasteiger partial charge in [0.15, 0.2) is 5.52 Å². The van der Waals surface area contributed by atoms with Crippen LogP contribution in [0.2, 0.25) is 0 Å². The first-order chi connectivity index (χ1) is 16.9. The molecule has 1 aliphatic carbocycles. The summed E-state index contributed by atoms with van der Waals surface area (Å²) in [6.07, 6.45) is 7.37. The number of amides is 1. The van der Waals surface area contributed by atoms with Crippen LogP contribution >= 0.6 is 0 Å². The minimum atomic E-state index is -0.192. The summed E-state index contributed by atoms with van der Waals surface area (Å²) >= 11 is 0. The number of anilines is 1. The number of rotatable bonds is 5. The lowest BCUT2D eigenvalue weighted by Crippen LogP contribution is -2.44. The van der Waals surface area contributed by atoms with Crippen LogP contribution in [0.1, 0.15) is 63.6 Å². The van der Waals surface area contributed by atoms with Crippen molar-refractivity contribution in [2.75, 3.05) is 25.1 Å².